The van der Waals surface area contributed by atoms with Gasteiger partial charge in [-0.3, -0.25) is 14.5 Å². The number of benzene rings is 1. The first-order valence-electron chi connectivity index (χ1n) is 10.5. The number of pyridine rings is 1. The number of aromatic nitrogens is 5. The lowest BCUT2D eigenvalue weighted by Gasteiger charge is -2.25. The molecule has 0 spiro atoms. The molecule has 5 heterocycles. The second kappa shape index (κ2) is 7.49. The van der Waals surface area contributed by atoms with Gasteiger partial charge in [-0.05, 0) is 30.3 Å². The van der Waals surface area contributed by atoms with Crippen molar-refractivity contribution in [2.24, 2.45) is 0 Å². The Hall–Kier alpha value is -3.57. The van der Waals surface area contributed by atoms with Crippen molar-refractivity contribution in [2.75, 3.05) is 19.8 Å². The van der Waals surface area contributed by atoms with Gasteiger partial charge in [-0.25, -0.2) is 13.1 Å². The predicted octanol–water partition coefficient (Wildman–Crippen LogP) is 1.38. The van der Waals surface area contributed by atoms with Crippen LogP contribution in [0.2, 0.25) is 0 Å². The molecule has 2 aliphatic rings. The first-order chi connectivity index (χ1) is 16.0. The molecule has 6 rings (SSSR count). The first kappa shape index (κ1) is 20.1. The van der Waals surface area contributed by atoms with E-state index in [2.05, 4.69) is 15.2 Å². The van der Waals surface area contributed by atoms with Crippen molar-refractivity contribution in [3.8, 4) is 5.75 Å². The minimum atomic E-state index is -3.79. The Bertz CT molecular complexity index is 1560. The van der Waals surface area contributed by atoms with Crippen molar-refractivity contribution in [2.45, 2.75) is 28.8 Å². The zero-order chi connectivity index (χ0) is 22.6. The summed E-state index contributed by atoms with van der Waals surface area (Å²) in [5.74, 6) is 0.776. The fourth-order valence-electron chi connectivity index (χ4n) is 3.96. The van der Waals surface area contributed by atoms with E-state index in [4.69, 9.17) is 9.47 Å². The molecule has 11 heteroatoms. The van der Waals surface area contributed by atoms with Crippen LogP contribution in [0.4, 0.5) is 0 Å². The van der Waals surface area contributed by atoms with Crippen LogP contribution in [0.3, 0.4) is 0 Å². The Morgan fingerprint density at radius 2 is 1.94 bits per heavy atom. The van der Waals surface area contributed by atoms with Crippen LogP contribution in [0.25, 0.3) is 10.8 Å². The van der Waals surface area contributed by atoms with Crippen LogP contribution in [0, 0.1) is 0 Å². The molecule has 0 amide bonds. The van der Waals surface area contributed by atoms with Gasteiger partial charge in [-0.15, -0.1) is 0 Å². The summed E-state index contributed by atoms with van der Waals surface area (Å²) in [6.45, 7) is 1.86. The third-order valence-electron chi connectivity index (χ3n) is 5.92. The van der Waals surface area contributed by atoms with Crippen LogP contribution in [0.15, 0.2) is 63.5 Å². The van der Waals surface area contributed by atoms with Gasteiger partial charge in [0.15, 0.2) is 0 Å². The second-order valence-corrected chi connectivity index (χ2v) is 10.0. The zero-order valence-electron chi connectivity index (χ0n) is 17.4. The molecular weight excluding hydrogens is 446 g/mol. The Kier molecular flexibility index (Phi) is 4.56. The van der Waals surface area contributed by atoms with Crippen molar-refractivity contribution in [3.05, 3.63) is 70.7 Å². The number of nitrogens with zero attached hydrogens (tertiary/aromatic N) is 5. The maximum atomic E-state index is 13.1. The number of fused-ring (bicyclic) bond motifs is 2. The molecule has 0 N–H and O–H groups in total. The number of hydrogen-bond donors (Lipinski definition) is 0. The quantitative estimate of drug-likeness (QED) is 0.434. The van der Waals surface area contributed by atoms with Gasteiger partial charge in [0.05, 0.1) is 66.5 Å². The maximum Gasteiger partial charge on any atom is 0.274 e. The molecule has 4 aromatic rings. The first-order valence-corrected chi connectivity index (χ1v) is 12.0. The molecule has 168 valence electrons. The zero-order valence-corrected chi connectivity index (χ0v) is 18.2. The molecule has 3 aromatic heterocycles. The minimum Gasteiger partial charge on any atom is -0.491 e. The smallest absolute Gasteiger partial charge is 0.274 e. The molecule has 0 radical (unpaired) electrons. The Balaban J connectivity index is 1.31. The van der Waals surface area contributed by atoms with Crippen LogP contribution in [0.5, 0.6) is 5.75 Å². The minimum absolute atomic E-state index is 0.0564. The number of ether oxygens (including phenoxy) is 2. The van der Waals surface area contributed by atoms with E-state index in [-0.39, 0.29) is 27.9 Å². The Morgan fingerprint density at radius 3 is 2.76 bits per heavy atom. The van der Waals surface area contributed by atoms with Gasteiger partial charge in [0.1, 0.15) is 10.6 Å². The van der Waals surface area contributed by atoms with E-state index in [1.807, 2.05) is 12.1 Å². The third kappa shape index (κ3) is 3.40. The van der Waals surface area contributed by atoms with Crippen molar-refractivity contribution < 1.29 is 17.9 Å². The number of hydrogen-bond acceptors (Lipinski definition) is 8. The van der Waals surface area contributed by atoms with Gasteiger partial charge < -0.3 is 9.47 Å². The van der Waals surface area contributed by atoms with Crippen molar-refractivity contribution in [3.63, 3.8) is 0 Å². The molecule has 10 nitrogen and oxygen atoms in total. The lowest BCUT2D eigenvalue weighted by Crippen LogP contribution is -2.30. The monoisotopic (exact) mass is 465 g/mol. The van der Waals surface area contributed by atoms with Crippen LogP contribution in [0.1, 0.15) is 17.4 Å². The van der Waals surface area contributed by atoms with Gasteiger partial charge in [-0.2, -0.15) is 10.2 Å². The summed E-state index contributed by atoms with van der Waals surface area (Å²) in [6.07, 6.45) is 5.09. The summed E-state index contributed by atoms with van der Waals surface area (Å²) < 4.78 is 39.7. The Labute approximate surface area is 188 Å². The van der Waals surface area contributed by atoms with E-state index in [1.165, 1.54) is 41.5 Å². The topological polar surface area (TPSA) is 118 Å². The molecule has 2 aliphatic heterocycles. The molecule has 0 atom stereocenters. The summed E-state index contributed by atoms with van der Waals surface area (Å²) in [7, 11) is -3.79. The second-order valence-electron chi connectivity index (χ2n) is 8.05. The molecule has 0 unspecified atom stereocenters. The molecular formula is C22H19N5O5S. The lowest BCUT2D eigenvalue weighted by atomic mass is 10.2. The summed E-state index contributed by atoms with van der Waals surface area (Å²) in [5, 5.41) is 9.24. The molecule has 0 bridgehead atoms. The van der Waals surface area contributed by atoms with Crippen LogP contribution in [-0.4, -0.2) is 52.8 Å². The third-order valence-corrected chi connectivity index (χ3v) is 7.62. The standard InChI is InChI=1S/C22H19N5O5S/c28-22-19-3-2-17(33(29,30)18-9-24-26(11-18)16-12-31-13-16)7-14(19)8-23-27(22)10-15-1-4-21-20(25-15)5-6-32-21/h1-4,7-9,11,16H,5-6,10,12-13H2. The molecule has 33 heavy (non-hydrogen) atoms. The fraction of sp³-hybridized carbons (Fsp3) is 0.273. The van der Waals surface area contributed by atoms with Crippen LogP contribution in [-0.2, 0) is 27.5 Å². The molecule has 1 saturated heterocycles. The molecule has 0 saturated carbocycles. The average Bonchev–Trinajstić information content (AvgIpc) is 3.44. The van der Waals surface area contributed by atoms with Gasteiger partial charge in [-0.1, -0.05) is 0 Å². The Morgan fingerprint density at radius 1 is 1.06 bits per heavy atom. The largest absolute Gasteiger partial charge is 0.491 e. The van der Waals surface area contributed by atoms with Crippen molar-refractivity contribution in [1.82, 2.24) is 24.5 Å². The van der Waals surface area contributed by atoms with E-state index in [0.717, 1.165) is 17.9 Å². The van der Waals surface area contributed by atoms with Crippen molar-refractivity contribution >= 4 is 20.6 Å². The average molecular weight is 465 g/mol. The summed E-state index contributed by atoms with van der Waals surface area (Å²) in [5.41, 5.74) is 1.28. The predicted molar refractivity (Wildman–Crippen MR) is 116 cm³/mol. The van der Waals surface area contributed by atoms with Crippen LogP contribution >= 0.6 is 0 Å². The normalized spacial score (nSPS) is 15.9. The van der Waals surface area contributed by atoms with Gasteiger partial charge in [0, 0.05) is 18.0 Å². The van der Waals surface area contributed by atoms with Crippen LogP contribution < -0.4 is 10.3 Å². The number of sulfone groups is 1. The summed E-state index contributed by atoms with van der Waals surface area (Å²) in [6, 6.07) is 8.16. The van der Waals surface area contributed by atoms with Gasteiger partial charge in [0.25, 0.3) is 5.56 Å². The fourth-order valence-corrected chi connectivity index (χ4v) is 5.19. The van der Waals surface area contributed by atoms with Crippen molar-refractivity contribution in [1.29, 1.82) is 0 Å². The van der Waals surface area contributed by atoms with E-state index in [9.17, 15) is 13.2 Å². The highest BCUT2D eigenvalue weighted by atomic mass is 32.2. The lowest BCUT2D eigenvalue weighted by molar-refractivity contribution is -0.0287. The highest BCUT2D eigenvalue weighted by Crippen LogP contribution is 2.26. The highest BCUT2D eigenvalue weighted by molar-refractivity contribution is 7.91. The highest BCUT2D eigenvalue weighted by Gasteiger charge is 2.25. The van der Waals surface area contributed by atoms with Gasteiger partial charge in [0.2, 0.25) is 9.84 Å². The van der Waals surface area contributed by atoms with E-state index in [0.29, 0.717) is 36.3 Å². The van der Waals surface area contributed by atoms with Gasteiger partial charge >= 0.3 is 0 Å². The molecule has 0 aliphatic carbocycles. The molecule has 1 fully saturated rings. The summed E-state index contributed by atoms with van der Waals surface area (Å²) in [4.78, 5) is 17.7. The maximum absolute atomic E-state index is 13.1. The molecule has 1 aromatic carbocycles. The SMILES string of the molecule is O=c1c2ccc(S(=O)(=O)c3cnn(C4COC4)c3)cc2cnn1Cc1ccc2c(n1)CCO2. The van der Waals surface area contributed by atoms with E-state index in [1.54, 1.807) is 4.68 Å². The van der Waals surface area contributed by atoms with E-state index >= 15 is 0 Å². The number of rotatable bonds is 5. The summed E-state index contributed by atoms with van der Waals surface area (Å²) >= 11 is 0. The van der Waals surface area contributed by atoms with E-state index < -0.39 is 9.84 Å².